The summed E-state index contributed by atoms with van der Waals surface area (Å²) in [5.74, 6) is 2.53. The lowest BCUT2D eigenvalue weighted by Crippen LogP contribution is -2.21. The van der Waals surface area contributed by atoms with Crippen LogP contribution in [0.5, 0.6) is 0 Å². The molecule has 3 heteroatoms. The molecule has 0 N–H and O–H groups in total. The van der Waals surface area contributed by atoms with Crippen molar-refractivity contribution in [3.05, 3.63) is 23.4 Å². The van der Waals surface area contributed by atoms with Gasteiger partial charge in [0, 0.05) is 24.7 Å². The summed E-state index contributed by atoms with van der Waals surface area (Å²) in [6.07, 6.45) is 3.54. The van der Waals surface area contributed by atoms with Crippen molar-refractivity contribution in [3.8, 4) is 0 Å². The third-order valence-electron chi connectivity index (χ3n) is 3.63. The number of pyridine rings is 1. The van der Waals surface area contributed by atoms with Crippen molar-refractivity contribution in [1.29, 1.82) is 0 Å². The fourth-order valence-electron chi connectivity index (χ4n) is 2.43. The summed E-state index contributed by atoms with van der Waals surface area (Å²) < 4.78 is 0. The summed E-state index contributed by atoms with van der Waals surface area (Å²) in [6, 6.07) is 4.26. The van der Waals surface area contributed by atoms with E-state index < -0.39 is 0 Å². The van der Waals surface area contributed by atoms with Crippen molar-refractivity contribution >= 4 is 17.4 Å². The van der Waals surface area contributed by atoms with E-state index in [-0.39, 0.29) is 0 Å². The molecule has 2 heterocycles. The summed E-state index contributed by atoms with van der Waals surface area (Å²) >= 11 is 5.94. The van der Waals surface area contributed by atoms with Gasteiger partial charge in [0.2, 0.25) is 0 Å². The second-order valence-corrected chi connectivity index (χ2v) is 5.09. The minimum absolute atomic E-state index is 0.577. The van der Waals surface area contributed by atoms with Crippen molar-refractivity contribution in [2.75, 3.05) is 18.0 Å². The Bertz CT molecular complexity index is 356. The van der Waals surface area contributed by atoms with Crippen molar-refractivity contribution in [3.63, 3.8) is 0 Å². The van der Waals surface area contributed by atoms with Gasteiger partial charge in [-0.3, -0.25) is 0 Å². The molecule has 2 nitrogen and oxygen atoms in total. The van der Waals surface area contributed by atoms with Crippen LogP contribution in [0, 0.1) is 5.92 Å². The average molecular weight is 253 g/mol. The number of aryl methyl sites for hydroxylation is 1. The van der Waals surface area contributed by atoms with Gasteiger partial charge >= 0.3 is 0 Å². The zero-order valence-corrected chi connectivity index (χ0v) is 11.5. The van der Waals surface area contributed by atoms with Crippen LogP contribution in [-0.4, -0.2) is 18.1 Å². The molecule has 0 aromatic carbocycles. The highest BCUT2D eigenvalue weighted by molar-refractivity contribution is 6.17. The standard InChI is InChI=1S/C14H21ClN2/c1-3-11-5-6-17(10-11)14-8-12(9-15)7-13(4-2)16-14/h7-8,11H,3-6,9-10H2,1-2H3. The highest BCUT2D eigenvalue weighted by Crippen LogP contribution is 2.25. The molecular weight excluding hydrogens is 232 g/mol. The molecule has 1 saturated heterocycles. The molecule has 17 heavy (non-hydrogen) atoms. The molecule has 0 radical (unpaired) electrons. The smallest absolute Gasteiger partial charge is 0.129 e. The Labute approximate surface area is 109 Å². The van der Waals surface area contributed by atoms with E-state index in [9.17, 15) is 0 Å². The number of anilines is 1. The molecule has 0 saturated carbocycles. The topological polar surface area (TPSA) is 16.1 Å². The van der Waals surface area contributed by atoms with Gasteiger partial charge in [0.1, 0.15) is 5.82 Å². The Hall–Kier alpha value is -0.760. The quantitative estimate of drug-likeness (QED) is 0.761. The normalized spacial score (nSPS) is 19.9. The molecule has 1 aromatic rings. The fourth-order valence-corrected chi connectivity index (χ4v) is 2.58. The molecule has 1 atom stereocenters. The number of hydrogen-bond acceptors (Lipinski definition) is 2. The van der Waals surface area contributed by atoms with E-state index in [1.165, 1.54) is 18.4 Å². The number of rotatable bonds is 4. The zero-order valence-electron chi connectivity index (χ0n) is 10.7. The monoisotopic (exact) mass is 252 g/mol. The van der Waals surface area contributed by atoms with Crippen LogP contribution in [-0.2, 0) is 12.3 Å². The first-order valence-electron chi connectivity index (χ1n) is 6.57. The summed E-state index contributed by atoms with van der Waals surface area (Å²) in [4.78, 5) is 7.12. The molecule has 0 aliphatic carbocycles. The predicted octanol–water partition coefficient (Wildman–Crippen LogP) is 3.62. The van der Waals surface area contributed by atoms with Crippen LogP contribution in [0.2, 0.25) is 0 Å². The zero-order chi connectivity index (χ0) is 12.3. The second kappa shape index (κ2) is 5.72. The van der Waals surface area contributed by atoms with Gasteiger partial charge in [0.25, 0.3) is 0 Å². The molecule has 1 fully saturated rings. The molecule has 1 aliphatic rings. The van der Waals surface area contributed by atoms with Crippen LogP contribution in [0.15, 0.2) is 12.1 Å². The number of aromatic nitrogens is 1. The SMILES string of the molecule is CCc1cc(CCl)cc(N2CCC(CC)C2)n1. The average Bonchev–Trinajstić information content (AvgIpc) is 2.86. The number of nitrogens with zero attached hydrogens (tertiary/aromatic N) is 2. The van der Waals surface area contributed by atoms with Gasteiger partial charge in [-0.1, -0.05) is 20.3 Å². The lowest BCUT2D eigenvalue weighted by atomic mass is 10.1. The third-order valence-corrected chi connectivity index (χ3v) is 3.94. The van der Waals surface area contributed by atoms with Gasteiger partial charge < -0.3 is 4.90 Å². The second-order valence-electron chi connectivity index (χ2n) is 4.82. The number of halogens is 1. The van der Waals surface area contributed by atoms with E-state index in [4.69, 9.17) is 16.6 Å². The van der Waals surface area contributed by atoms with E-state index >= 15 is 0 Å². The highest BCUT2D eigenvalue weighted by atomic mass is 35.5. The molecular formula is C14H21ClN2. The first-order chi connectivity index (χ1) is 8.26. The molecule has 0 bridgehead atoms. The van der Waals surface area contributed by atoms with Crippen molar-refractivity contribution in [2.24, 2.45) is 5.92 Å². The van der Waals surface area contributed by atoms with Crippen LogP contribution in [0.3, 0.4) is 0 Å². The van der Waals surface area contributed by atoms with Gasteiger partial charge in [-0.25, -0.2) is 4.98 Å². The van der Waals surface area contributed by atoms with Crippen LogP contribution in [0.25, 0.3) is 0 Å². The Morgan fingerprint density at radius 3 is 2.82 bits per heavy atom. The van der Waals surface area contributed by atoms with Gasteiger partial charge in [-0.15, -0.1) is 11.6 Å². The van der Waals surface area contributed by atoms with E-state index in [0.29, 0.717) is 5.88 Å². The molecule has 0 spiro atoms. The Morgan fingerprint density at radius 1 is 1.41 bits per heavy atom. The first kappa shape index (κ1) is 12.7. The van der Waals surface area contributed by atoms with E-state index in [0.717, 1.165) is 36.9 Å². The number of alkyl halides is 1. The van der Waals surface area contributed by atoms with E-state index in [2.05, 4.69) is 30.9 Å². The minimum Gasteiger partial charge on any atom is -0.356 e. The summed E-state index contributed by atoms with van der Waals surface area (Å²) in [5.41, 5.74) is 2.34. The van der Waals surface area contributed by atoms with Crippen molar-refractivity contribution in [2.45, 2.75) is 39.0 Å². The van der Waals surface area contributed by atoms with Crippen molar-refractivity contribution < 1.29 is 0 Å². The van der Waals surface area contributed by atoms with Crippen LogP contribution >= 0.6 is 11.6 Å². The minimum atomic E-state index is 0.577. The molecule has 1 aromatic heterocycles. The molecule has 1 unspecified atom stereocenters. The van der Waals surface area contributed by atoms with Crippen LogP contribution in [0.4, 0.5) is 5.82 Å². The lowest BCUT2D eigenvalue weighted by molar-refractivity contribution is 0.568. The summed E-state index contributed by atoms with van der Waals surface area (Å²) in [5, 5.41) is 0. The van der Waals surface area contributed by atoms with Gasteiger partial charge in [-0.2, -0.15) is 0 Å². The lowest BCUT2D eigenvalue weighted by Gasteiger charge is -2.19. The highest BCUT2D eigenvalue weighted by Gasteiger charge is 2.22. The number of hydrogen-bond donors (Lipinski definition) is 0. The Morgan fingerprint density at radius 2 is 2.24 bits per heavy atom. The van der Waals surface area contributed by atoms with Gasteiger partial charge in [0.15, 0.2) is 0 Å². The molecule has 94 valence electrons. The van der Waals surface area contributed by atoms with Crippen molar-refractivity contribution in [1.82, 2.24) is 4.98 Å². The Balaban J connectivity index is 2.20. The summed E-state index contributed by atoms with van der Waals surface area (Å²) in [7, 11) is 0. The molecule has 2 rings (SSSR count). The first-order valence-corrected chi connectivity index (χ1v) is 7.11. The van der Waals surface area contributed by atoms with E-state index in [1.807, 2.05) is 0 Å². The Kier molecular flexibility index (Phi) is 4.27. The molecule has 0 amide bonds. The maximum Gasteiger partial charge on any atom is 0.129 e. The summed E-state index contributed by atoms with van der Waals surface area (Å²) in [6.45, 7) is 6.70. The van der Waals surface area contributed by atoms with Crippen LogP contribution < -0.4 is 4.90 Å². The maximum absolute atomic E-state index is 5.94. The van der Waals surface area contributed by atoms with E-state index in [1.54, 1.807) is 0 Å². The van der Waals surface area contributed by atoms with Gasteiger partial charge in [-0.05, 0) is 36.5 Å². The predicted molar refractivity (Wildman–Crippen MR) is 73.8 cm³/mol. The van der Waals surface area contributed by atoms with Gasteiger partial charge in [0.05, 0.1) is 0 Å². The third kappa shape index (κ3) is 2.92. The van der Waals surface area contributed by atoms with Crippen LogP contribution in [0.1, 0.15) is 37.9 Å². The fraction of sp³-hybridized carbons (Fsp3) is 0.643. The largest absolute Gasteiger partial charge is 0.356 e. The molecule has 1 aliphatic heterocycles. The maximum atomic E-state index is 5.94.